The summed E-state index contributed by atoms with van der Waals surface area (Å²) in [6.07, 6.45) is -4.81. The zero-order valence-electron chi connectivity index (χ0n) is 21.5. The van der Waals surface area contributed by atoms with E-state index in [0.717, 1.165) is 11.0 Å². The molecule has 0 aliphatic heterocycles. The maximum Gasteiger partial charge on any atom is 0.416 e. The number of nitrogens with zero attached hydrogens (tertiary/aromatic N) is 2. The number of halogens is 5. The Morgan fingerprint density at radius 2 is 1.60 bits per heavy atom. The number of likely N-dealkylation sites (N-methyl/N-ethyl adjacent to an activating group) is 1. The molecule has 0 bridgehead atoms. The van der Waals surface area contributed by atoms with Crippen LogP contribution in [0, 0.1) is 0 Å². The number of sulfonamides is 1. The maximum atomic E-state index is 13.8. The van der Waals surface area contributed by atoms with Crippen molar-refractivity contribution in [2.24, 2.45) is 0 Å². The van der Waals surface area contributed by atoms with Crippen molar-refractivity contribution in [3.63, 3.8) is 0 Å². The topological polar surface area (TPSA) is 86.8 Å². The van der Waals surface area contributed by atoms with E-state index in [9.17, 15) is 31.2 Å². The molecule has 0 fully saturated rings. The Balaban J connectivity index is 2.12. The highest BCUT2D eigenvalue weighted by molar-refractivity contribution is 7.92. The quantitative estimate of drug-likeness (QED) is 0.314. The highest BCUT2D eigenvalue weighted by Crippen LogP contribution is 2.37. The van der Waals surface area contributed by atoms with E-state index in [4.69, 9.17) is 23.2 Å². The maximum absolute atomic E-state index is 13.8. The van der Waals surface area contributed by atoms with E-state index in [2.05, 4.69) is 5.32 Å². The molecule has 0 aliphatic rings. The summed E-state index contributed by atoms with van der Waals surface area (Å²) in [5.41, 5.74) is -1.10. The van der Waals surface area contributed by atoms with Crippen LogP contribution in [-0.2, 0) is 32.3 Å². The van der Waals surface area contributed by atoms with Crippen molar-refractivity contribution in [1.82, 2.24) is 10.2 Å². The molecule has 1 atom stereocenters. The van der Waals surface area contributed by atoms with Crippen molar-refractivity contribution in [1.29, 1.82) is 0 Å². The molecule has 0 heterocycles. The number of benzene rings is 3. The number of rotatable bonds is 10. The van der Waals surface area contributed by atoms with Crippen LogP contribution in [0.2, 0.25) is 10.0 Å². The Labute approximate surface area is 240 Å². The number of alkyl halides is 3. The van der Waals surface area contributed by atoms with Crippen LogP contribution >= 0.6 is 23.2 Å². The van der Waals surface area contributed by atoms with Gasteiger partial charge >= 0.3 is 6.18 Å². The Bertz CT molecular complexity index is 1450. The molecule has 40 heavy (non-hydrogen) atoms. The Morgan fingerprint density at radius 1 is 0.975 bits per heavy atom. The fourth-order valence-electron chi connectivity index (χ4n) is 3.80. The summed E-state index contributed by atoms with van der Waals surface area (Å²) in [6, 6.07) is 14.5. The number of hydrogen-bond acceptors (Lipinski definition) is 4. The minimum atomic E-state index is -4.81. The van der Waals surface area contributed by atoms with Crippen LogP contribution in [0.25, 0.3) is 0 Å². The van der Waals surface area contributed by atoms with Crippen LogP contribution in [0.1, 0.15) is 25.0 Å². The second-order valence-corrected chi connectivity index (χ2v) is 11.4. The summed E-state index contributed by atoms with van der Waals surface area (Å²) in [5.74, 6) is -1.35. The van der Waals surface area contributed by atoms with Crippen LogP contribution in [0.4, 0.5) is 18.9 Å². The van der Waals surface area contributed by atoms with E-state index in [1.54, 1.807) is 37.3 Å². The lowest BCUT2D eigenvalue weighted by molar-refractivity contribution is -0.139. The molecular weight excluding hydrogens is 590 g/mol. The lowest BCUT2D eigenvalue weighted by Gasteiger charge is -2.32. The smallest absolute Gasteiger partial charge is 0.355 e. The predicted molar refractivity (Wildman–Crippen MR) is 148 cm³/mol. The average Bonchev–Trinajstić information content (AvgIpc) is 2.91. The zero-order valence-corrected chi connectivity index (χ0v) is 23.8. The number of carbonyl (C=O) groups excluding carboxylic acids is 2. The van der Waals surface area contributed by atoms with Gasteiger partial charge in [-0.2, -0.15) is 13.2 Å². The molecule has 3 rings (SSSR count). The molecule has 2 amide bonds. The molecule has 0 spiro atoms. The largest absolute Gasteiger partial charge is 0.416 e. The van der Waals surface area contributed by atoms with Crippen LogP contribution < -0.4 is 9.62 Å². The normalized spacial score (nSPS) is 12.5. The van der Waals surface area contributed by atoms with Crippen molar-refractivity contribution >= 4 is 50.7 Å². The van der Waals surface area contributed by atoms with Gasteiger partial charge in [0.05, 0.1) is 21.2 Å². The van der Waals surface area contributed by atoms with Crippen LogP contribution in [-0.4, -0.2) is 44.3 Å². The van der Waals surface area contributed by atoms with E-state index < -0.39 is 51.9 Å². The third-order valence-electron chi connectivity index (χ3n) is 5.94. The number of hydrogen-bond donors (Lipinski definition) is 1. The van der Waals surface area contributed by atoms with E-state index in [-0.39, 0.29) is 23.0 Å². The molecule has 0 radical (unpaired) electrons. The summed E-state index contributed by atoms with van der Waals surface area (Å²) in [6.45, 7) is 2.39. The van der Waals surface area contributed by atoms with Crippen molar-refractivity contribution in [3.05, 3.63) is 94.0 Å². The highest BCUT2D eigenvalue weighted by atomic mass is 35.5. The van der Waals surface area contributed by atoms with Gasteiger partial charge in [-0.05, 0) is 61.9 Å². The van der Waals surface area contributed by atoms with Gasteiger partial charge in [-0.3, -0.25) is 13.9 Å². The molecule has 7 nitrogen and oxygen atoms in total. The summed E-state index contributed by atoms with van der Waals surface area (Å²) < 4.78 is 68.7. The molecular formula is C27H26Cl2F3N3O4S. The summed E-state index contributed by atoms with van der Waals surface area (Å²) in [7, 11) is -4.59. The van der Waals surface area contributed by atoms with Crippen molar-refractivity contribution in [2.45, 2.75) is 37.5 Å². The summed E-state index contributed by atoms with van der Waals surface area (Å²) in [4.78, 5) is 27.4. The molecule has 3 aromatic carbocycles. The first-order chi connectivity index (χ1) is 18.8. The van der Waals surface area contributed by atoms with Crippen molar-refractivity contribution in [3.8, 4) is 0 Å². The molecule has 214 valence electrons. The molecule has 0 aliphatic carbocycles. The van der Waals surface area contributed by atoms with E-state index in [0.29, 0.717) is 27.0 Å². The fourth-order valence-corrected chi connectivity index (χ4v) is 5.65. The minimum absolute atomic E-state index is 0.107. The fraction of sp³-hybridized carbons (Fsp3) is 0.259. The molecule has 0 aromatic heterocycles. The lowest BCUT2D eigenvalue weighted by Crippen LogP contribution is -2.51. The first-order valence-electron chi connectivity index (χ1n) is 12.0. The van der Waals surface area contributed by atoms with Crippen molar-refractivity contribution in [2.75, 3.05) is 17.4 Å². The second-order valence-electron chi connectivity index (χ2n) is 8.71. The van der Waals surface area contributed by atoms with Gasteiger partial charge in [-0.1, -0.05) is 53.5 Å². The number of carbonyl (C=O) groups is 2. The number of nitrogens with one attached hydrogen (secondary N) is 1. The summed E-state index contributed by atoms with van der Waals surface area (Å²) in [5, 5.41) is 2.74. The molecule has 0 unspecified atom stereocenters. The third kappa shape index (κ3) is 7.47. The molecule has 3 aromatic rings. The van der Waals surface area contributed by atoms with Gasteiger partial charge < -0.3 is 10.2 Å². The van der Waals surface area contributed by atoms with E-state index in [1.165, 1.54) is 31.2 Å². The SMILES string of the molecule is CCNC(=O)[C@@H](C)N(Cc1ccc(Cl)cc1)C(=O)CN(c1cc(C(F)(F)F)ccc1Cl)S(=O)(=O)c1ccccc1. The minimum Gasteiger partial charge on any atom is -0.355 e. The monoisotopic (exact) mass is 615 g/mol. The predicted octanol–water partition coefficient (Wildman–Crippen LogP) is 5.76. The average molecular weight is 616 g/mol. The number of anilines is 1. The molecule has 0 saturated carbocycles. The standard InChI is InChI=1S/C27H26Cl2F3N3O4S/c1-3-33-26(37)18(2)34(16-19-9-12-21(28)13-10-19)25(36)17-35(40(38,39)22-7-5-4-6-8-22)24-15-20(27(30,31)32)11-14-23(24)29/h4-15,18H,3,16-17H2,1-2H3,(H,33,37)/t18-/m1/s1. The van der Waals surface area contributed by atoms with Gasteiger partial charge in [-0.15, -0.1) is 0 Å². The Morgan fingerprint density at radius 3 is 2.17 bits per heavy atom. The molecule has 1 N–H and O–H groups in total. The van der Waals surface area contributed by atoms with Gasteiger partial charge in [0.1, 0.15) is 12.6 Å². The van der Waals surface area contributed by atoms with Gasteiger partial charge in [0, 0.05) is 18.1 Å². The number of amides is 2. The third-order valence-corrected chi connectivity index (χ3v) is 8.28. The zero-order chi connectivity index (χ0) is 29.7. The van der Waals surface area contributed by atoms with Crippen LogP contribution in [0.3, 0.4) is 0 Å². The first-order valence-corrected chi connectivity index (χ1v) is 14.2. The first kappa shape index (κ1) is 31.3. The van der Waals surface area contributed by atoms with E-state index >= 15 is 0 Å². The Hall–Kier alpha value is -3.28. The second kappa shape index (κ2) is 12.9. The van der Waals surface area contributed by atoms with Gasteiger partial charge in [0.25, 0.3) is 10.0 Å². The van der Waals surface area contributed by atoms with Gasteiger partial charge in [-0.25, -0.2) is 8.42 Å². The van der Waals surface area contributed by atoms with Gasteiger partial charge in [0.15, 0.2) is 0 Å². The van der Waals surface area contributed by atoms with Crippen molar-refractivity contribution < 1.29 is 31.2 Å². The van der Waals surface area contributed by atoms with Crippen LogP contribution in [0.5, 0.6) is 0 Å². The Kier molecular flexibility index (Phi) is 10.1. The lowest BCUT2D eigenvalue weighted by atomic mass is 10.1. The van der Waals surface area contributed by atoms with Crippen LogP contribution in [0.15, 0.2) is 77.7 Å². The molecule has 0 saturated heterocycles. The molecule has 13 heteroatoms. The summed E-state index contributed by atoms with van der Waals surface area (Å²) >= 11 is 12.2. The van der Waals surface area contributed by atoms with E-state index in [1.807, 2.05) is 0 Å². The van der Waals surface area contributed by atoms with Gasteiger partial charge in [0.2, 0.25) is 11.8 Å². The highest BCUT2D eigenvalue weighted by Gasteiger charge is 2.36.